The lowest BCUT2D eigenvalue weighted by molar-refractivity contribution is -0.138. The molecule has 0 aliphatic carbocycles. The molecule has 46 heavy (non-hydrogen) atoms. The van der Waals surface area contributed by atoms with Crippen LogP contribution in [-0.2, 0) is 6.18 Å². The Morgan fingerprint density at radius 3 is 2.59 bits per heavy atom. The monoisotopic (exact) mass is 654 g/mol. The van der Waals surface area contributed by atoms with Gasteiger partial charge in [-0.1, -0.05) is 0 Å². The van der Waals surface area contributed by atoms with E-state index in [2.05, 4.69) is 25.3 Å². The second-order valence-corrected chi connectivity index (χ2v) is 13.0. The lowest BCUT2D eigenvalue weighted by Crippen LogP contribution is -2.62. The molecule has 5 aliphatic heterocycles. The van der Waals surface area contributed by atoms with Crippen LogP contribution in [0.1, 0.15) is 43.9 Å². The van der Waals surface area contributed by atoms with E-state index in [-0.39, 0.29) is 47.8 Å². The van der Waals surface area contributed by atoms with Gasteiger partial charge in [0.25, 0.3) is 5.92 Å². The summed E-state index contributed by atoms with van der Waals surface area (Å²) in [6.45, 7) is 3.03. The van der Waals surface area contributed by atoms with Crippen molar-refractivity contribution < 1.29 is 40.2 Å². The number of nitrogens with zero attached hydrogens (tertiary/aromatic N) is 6. The van der Waals surface area contributed by atoms with Gasteiger partial charge in [0, 0.05) is 31.6 Å². The number of nitrogen functional groups attached to an aromatic ring is 1. The topological polar surface area (TPSA) is 115 Å². The second-order valence-electron chi connectivity index (χ2n) is 13.0. The molecule has 8 rings (SSSR count). The molecule has 0 spiro atoms. The van der Waals surface area contributed by atoms with E-state index in [0.29, 0.717) is 19.5 Å². The van der Waals surface area contributed by atoms with Gasteiger partial charge in [0.2, 0.25) is 5.88 Å². The Hall–Kier alpha value is -3.73. The lowest BCUT2D eigenvalue weighted by Gasteiger charge is -2.46. The molecule has 3 aromatic heterocycles. The molecule has 17 heteroatoms. The van der Waals surface area contributed by atoms with E-state index in [1.807, 2.05) is 4.90 Å². The molecule has 3 aromatic rings. The summed E-state index contributed by atoms with van der Waals surface area (Å²) in [4.78, 5) is 20.0. The van der Waals surface area contributed by atoms with Crippen LogP contribution in [0, 0.1) is 18.6 Å². The van der Waals surface area contributed by atoms with Crippen molar-refractivity contribution in [3.8, 4) is 23.1 Å². The van der Waals surface area contributed by atoms with Crippen LogP contribution in [0.2, 0.25) is 0 Å². The van der Waals surface area contributed by atoms with E-state index in [9.17, 15) is 22.0 Å². The molecule has 5 atom stereocenters. The number of ether oxygens (including phenoxy) is 2. The van der Waals surface area contributed by atoms with Crippen LogP contribution in [0.3, 0.4) is 0 Å². The number of alkyl halides is 5. The third-order valence-electron chi connectivity index (χ3n) is 10.1. The van der Waals surface area contributed by atoms with Crippen LogP contribution >= 0.6 is 0 Å². The zero-order valence-electron chi connectivity index (χ0n) is 24.7. The van der Waals surface area contributed by atoms with Crippen molar-refractivity contribution in [2.24, 2.45) is 0 Å². The molecule has 4 saturated heterocycles. The van der Waals surface area contributed by atoms with Gasteiger partial charge in [0.15, 0.2) is 17.5 Å². The number of fused-ring (bicyclic) bond motifs is 6. The van der Waals surface area contributed by atoms with Crippen LogP contribution < -0.4 is 25.4 Å². The van der Waals surface area contributed by atoms with Gasteiger partial charge in [0.05, 0.1) is 34.9 Å². The maximum Gasteiger partial charge on any atom is 0.418 e. The van der Waals surface area contributed by atoms with Gasteiger partial charge in [-0.3, -0.25) is 4.90 Å². The molecular weight excluding hydrogens is 625 g/mol. The van der Waals surface area contributed by atoms with Gasteiger partial charge in [-0.05, 0) is 33.1 Å². The molecular formula is C29H29F7N8O2. The van der Waals surface area contributed by atoms with Crippen LogP contribution in [0.4, 0.5) is 42.4 Å². The van der Waals surface area contributed by atoms with E-state index in [1.165, 1.54) is 0 Å². The van der Waals surface area contributed by atoms with Crippen LogP contribution in [0.5, 0.6) is 11.9 Å². The molecule has 5 aliphatic rings. The van der Waals surface area contributed by atoms with Crippen LogP contribution in [-0.4, -0.2) is 86.8 Å². The fourth-order valence-electron chi connectivity index (χ4n) is 8.06. The summed E-state index contributed by atoms with van der Waals surface area (Å²) in [5, 5.41) is 3.52. The summed E-state index contributed by atoms with van der Waals surface area (Å²) < 4.78 is 116. The summed E-state index contributed by atoms with van der Waals surface area (Å²) in [6, 6.07) is -0.680. The Morgan fingerprint density at radius 1 is 1.11 bits per heavy atom. The van der Waals surface area contributed by atoms with Gasteiger partial charge in [-0.2, -0.15) is 23.1 Å². The predicted molar refractivity (Wildman–Crippen MR) is 150 cm³/mol. The molecule has 2 bridgehead atoms. The van der Waals surface area contributed by atoms with Crippen LogP contribution in [0.15, 0.2) is 0 Å². The summed E-state index contributed by atoms with van der Waals surface area (Å²) in [5.74, 6) is -6.86. The summed E-state index contributed by atoms with van der Waals surface area (Å²) >= 11 is 0. The molecule has 0 radical (unpaired) electrons. The number of rotatable bonds is 4. The number of piperazine rings is 1. The quantitative estimate of drug-likeness (QED) is 0.397. The SMILES string of the molecule is Cc1nc(N)c(F)c(-c2nc3c4c(nc(OCC56CCN5CC(F)(F)C6)nc4c2F)N2C[C@H]4CC[C@H](N4)[C@H]2[C@H](C)O3)c1C(F)(F)F. The Balaban J connectivity index is 1.34. The van der Waals surface area contributed by atoms with Gasteiger partial charge in [-0.15, -0.1) is 0 Å². The zero-order valence-corrected chi connectivity index (χ0v) is 24.7. The van der Waals surface area contributed by atoms with Crippen molar-refractivity contribution in [2.45, 2.75) is 81.4 Å². The van der Waals surface area contributed by atoms with E-state index in [0.717, 1.165) is 19.8 Å². The first-order valence-corrected chi connectivity index (χ1v) is 15.1. The smallest absolute Gasteiger partial charge is 0.418 e. The largest absolute Gasteiger partial charge is 0.472 e. The number of halogens is 7. The maximum atomic E-state index is 16.7. The van der Waals surface area contributed by atoms with Crippen molar-refractivity contribution in [1.82, 2.24) is 30.2 Å². The minimum absolute atomic E-state index is 0.0206. The zero-order chi connectivity index (χ0) is 32.5. The Morgan fingerprint density at radius 2 is 1.89 bits per heavy atom. The third kappa shape index (κ3) is 4.29. The first kappa shape index (κ1) is 29.7. The summed E-state index contributed by atoms with van der Waals surface area (Å²) in [7, 11) is 0. The van der Waals surface area contributed by atoms with E-state index in [1.54, 1.807) is 11.8 Å². The van der Waals surface area contributed by atoms with E-state index in [4.69, 9.17) is 15.2 Å². The minimum Gasteiger partial charge on any atom is -0.472 e. The lowest BCUT2D eigenvalue weighted by atomic mass is 9.85. The fourth-order valence-corrected chi connectivity index (χ4v) is 8.06. The first-order valence-electron chi connectivity index (χ1n) is 15.1. The van der Waals surface area contributed by atoms with Crippen molar-refractivity contribution >= 4 is 22.5 Å². The fraction of sp³-hybridized carbons (Fsp3) is 0.586. The van der Waals surface area contributed by atoms with Crippen molar-refractivity contribution in [3.63, 3.8) is 0 Å². The molecule has 0 aromatic carbocycles. The predicted octanol–water partition coefficient (Wildman–Crippen LogP) is 4.23. The Labute approximate surface area is 257 Å². The number of hydrogen-bond acceptors (Lipinski definition) is 10. The van der Waals surface area contributed by atoms with Crippen LogP contribution in [0.25, 0.3) is 22.2 Å². The highest BCUT2D eigenvalue weighted by Gasteiger charge is 2.60. The summed E-state index contributed by atoms with van der Waals surface area (Å²) in [6.07, 6.45) is -4.07. The van der Waals surface area contributed by atoms with Gasteiger partial charge in [0.1, 0.15) is 35.1 Å². The molecule has 10 nitrogen and oxygen atoms in total. The van der Waals surface area contributed by atoms with Crippen molar-refractivity contribution in [3.05, 3.63) is 22.9 Å². The number of nitrogens with two attached hydrogens (primary N) is 1. The van der Waals surface area contributed by atoms with E-state index < -0.39 is 82.2 Å². The third-order valence-corrected chi connectivity index (χ3v) is 10.1. The normalized spacial score (nSPS) is 29.6. The average Bonchev–Trinajstić information content (AvgIpc) is 3.38. The van der Waals surface area contributed by atoms with Gasteiger partial charge in [-0.25, -0.2) is 27.5 Å². The first-order chi connectivity index (χ1) is 21.7. The number of anilines is 2. The standard InChI is InChI=1S/C29H29F7N8O2/c1-11-17(29(34,35)36)15(18(30)23(37)38-11)20-19(31)21-16-24(42-26(41-21)45-10-27-5-6-43(27)9-28(32,33)8-27)44-7-13-3-4-14(39-13)22(44)12(2)46-25(16)40-20/h12-14,22,39H,3-10H2,1-2H3,(H2,37,38)/t12-,13+,14-,22+,27?/m0/s1. The highest BCUT2D eigenvalue weighted by atomic mass is 19.4. The molecule has 0 amide bonds. The van der Waals surface area contributed by atoms with Crippen molar-refractivity contribution in [1.29, 1.82) is 0 Å². The molecule has 4 fully saturated rings. The van der Waals surface area contributed by atoms with Gasteiger partial charge < -0.3 is 25.4 Å². The molecule has 1 unspecified atom stereocenters. The van der Waals surface area contributed by atoms with Gasteiger partial charge >= 0.3 is 12.2 Å². The highest BCUT2D eigenvalue weighted by molar-refractivity contribution is 5.97. The molecule has 8 heterocycles. The number of aromatic nitrogens is 4. The molecule has 3 N–H and O–H groups in total. The summed E-state index contributed by atoms with van der Waals surface area (Å²) in [5.41, 5.74) is -0.317. The number of pyridine rings is 2. The molecule has 0 saturated carbocycles. The van der Waals surface area contributed by atoms with Crippen molar-refractivity contribution in [2.75, 3.05) is 36.9 Å². The average molecular weight is 655 g/mol. The second kappa shape index (κ2) is 9.65. The Bertz CT molecular complexity index is 1790. The Kier molecular flexibility index (Phi) is 6.22. The highest BCUT2D eigenvalue weighted by Crippen LogP contribution is 2.49. The molecule has 246 valence electrons. The number of nitrogens with one attached hydrogen (secondary N) is 1. The minimum atomic E-state index is -5.15. The maximum absolute atomic E-state index is 16.7. The number of hydrogen-bond donors (Lipinski definition) is 2. The van der Waals surface area contributed by atoms with E-state index >= 15 is 8.78 Å². The number of aryl methyl sites for hydroxylation is 1.